The van der Waals surface area contributed by atoms with Crippen LogP contribution in [-0.4, -0.2) is 59.8 Å². The summed E-state index contributed by atoms with van der Waals surface area (Å²) in [4.78, 5) is 61.0. The Hall–Kier alpha value is -18.1. The van der Waals surface area contributed by atoms with Gasteiger partial charge >= 0.3 is 0 Å². The molecule has 0 aliphatic rings. The Morgan fingerprint density at radius 2 is 0.418 bits per heavy atom. The Labute approximate surface area is 816 Å². The van der Waals surface area contributed by atoms with Gasteiger partial charge in [-0.1, -0.05) is 279 Å². The Morgan fingerprint density at radius 1 is 0.149 bits per heavy atom. The van der Waals surface area contributed by atoms with Gasteiger partial charge in [-0.2, -0.15) is 0 Å². The van der Waals surface area contributed by atoms with Crippen molar-refractivity contribution in [2.45, 2.75) is 0 Å². The maximum atomic E-state index is 6.48. The molecule has 0 atom stereocenters. The van der Waals surface area contributed by atoms with Gasteiger partial charge < -0.3 is 22.1 Å². The molecule has 0 N–H and O–H groups in total. The average molecular weight is 1880 g/mol. The van der Waals surface area contributed by atoms with E-state index < -0.39 is 0 Å². The summed E-state index contributed by atoms with van der Waals surface area (Å²) in [6.45, 7) is 0. The van der Waals surface area contributed by atoms with Crippen molar-refractivity contribution in [3.8, 4) is 134 Å². The van der Waals surface area contributed by atoms with Crippen LogP contribution in [0.25, 0.3) is 295 Å². The molecule has 141 heavy (non-hydrogen) atoms. The monoisotopic (exact) mass is 1880 g/mol. The molecule has 18 aromatic carbocycles. The van der Waals surface area contributed by atoms with Gasteiger partial charge in [0.25, 0.3) is 0 Å². The second kappa shape index (κ2) is 33.4. The molecule has 30 aromatic rings. The largest absolute Gasteiger partial charge is 0.456 e. The lowest BCUT2D eigenvalue weighted by Gasteiger charge is -2.10. The van der Waals surface area contributed by atoms with E-state index >= 15 is 0 Å². The van der Waals surface area contributed by atoms with Gasteiger partial charge in [-0.3, -0.25) is 0 Å². The maximum absolute atomic E-state index is 6.48. The SMILES string of the molecule is c1ccc(-c2nc(-c3ccc4oc5ccccc5c4c3)nc(-c3cccc4oc5cccc(-c6nc7ccccc7s6)c5c34)n2)cc1.c1ccc(-c2nc(-c3cccc4c3sc3ccccc34)nc(-c3cccc4oc5cccc(-c6nc7ccccc7s6)c5c34)n2)cc1.c1ccc(-c2nc(-c3cccc4oc5ccccc5c34)nc(-c3cccc4oc5cccc(-c6nc7ccccc7s6)c5c34)n2)cc1. The van der Waals surface area contributed by atoms with Gasteiger partial charge in [0.05, 0.1) is 30.6 Å². The van der Waals surface area contributed by atoms with Crippen LogP contribution in [0.15, 0.2) is 422 Å². The first-order valence-electron chi connectivity index (χ1n) is 45.9. The number of benzene rings is 18. The lowest BCUT2D eigenvalue weighted by molar-refractivity contribution is 0.668. The first-order valence-corrected chi connectivity index (χ1v) is 49.2. The molecule has 0 unspecified atom stereocenters. The molecule has 0 radical (unpaired) electrons. The highest BCUT2D eigenvalue weighted by Crippen LogP contribution is 2.50. The van der Waals surface area contributed by atoms with Gasteiger partial charge in [0.1, 0.15) is 70.9 Å². The Morgan fingerprint density at radius 3 is 0.844 bits per heavy atom. The van der Waals surface area contributed by atoms with Gasteiger partial charge in [-0.05, 0) is 121 Å². The molecule has 660 valence electrons. The summed E-state index contributed by atoms with van der Waals surface area (Å²) in [7, 11) is 0. The molecular formula is C120H66N12O5S4. The minimum absolute atomic E-state index is 0.561. The van der Waals surface area contributed by atoms with Crippen molar-refractivity contribution in [3.05, 3.63) is 400 Å². The minimum atomic E-state index is 0.561. The topological polar surface area (TPSA) is 220 Å². The number of furan rings is 5. The second-order valence-corrected chi connectivity index (χ2v) is 38.4. The zero-order chi connectivity index (χ0) is 92.7. The molecule has 0 amide bonds. The van der Waals surface area contributed by atoms with Crippen LogP contribution in [0.1, 0.15) is 0 Å². The van der Waals surface area contributed by atoms with Crippen LogP contribution in [-0.2, 0) is 0 Å². The molecule has 0 saturated heterocycles. The average Bonchev–Trinajstić information content (AvgIpc) is 1.57. The summed E-state index contributed by atoms with van der Waals surface area (Å²) in [5.74, 6) is 5.33. The van der Waals surface area contributed by atoms with E-state index in [2.05, 4.69) is 146 Å². The van der Waals surface area contributed by atoms with E-state index in [0.29, 0.717) is 52.4 Å². The number of para-hydroxylation sites is 5. The third-order valence-corrected chi connectivity index (χ3v) is 30.2. The second-order valence-electron chi connectivity index (χ2n) is 34.2. The lowest BCUT2D eigenvalue weighted by Crippen LogP contribution is -2.00. The van der Waals surface area contributed by atoms with Crippen molar-refractivity contribution in [1.29, 1.82) is 0 Å². The summed E-state index contributed by atoms with van der Waals surface area (Å²) in [5, 5.41) is 15.2. The van der Waals surface area contributed by atoms with E-state index in [9.17, 15) is 0 Å². The summed E-state index contributed by atoms with van der Waals surface area (Å²) >= 11 is 6.82. The fraction of sp³-hybridized carbons (Fsp3) is 0. The van der Waals surface area contributed by atoms with Crippen molar-refractivity contribution in [1.82, 2.24) is 59.8 Å². The molecule has 21 heteroatoms. The highest BCUT2D eigenvalue weighted by molar-refractivity contribution is 7.26. The predicted molar refractivity (Wildman–Crippen MR) is 574 cm³/mol. The smallest absolute Gasteiger partial charge is 0.165 e. The van der Waals surface area contributed by atoms with Crippen molar-refractivity contribution < 1.29 is 22.1 Å². The number of thiophene rings is 1. The number of hydrogen-bond acceptors (Lipinski definition) is 21. The van der Waals surface area contributed by atoms with Crippen LogP contribution in [0.2, 0.25) is 0 Å². The van der Waals surface area contributed by atoms with Gasteiger partial charge in [0.15, 0.2) is 52.4 Å². The molecule has 0 aliphatic carbocycles. The van der Waals surface area contributed by atoms with Gasteiger partial charge in [0.2, 0.25) is 0 Å². The number of thiazole rings is 3. The fourth-order valence-corrected chi connectivity index (χ4v) is 23.6. The van der Waals surface area contributed by atoms with Crippen LogP contribution < -0.4 is 0 Å². The zero-order valence-electron chi connectivity index (χ0n) is 74.1. The molecule has 12 heterocycles. The quantitative estimate of drug-likeness (QED) is 0.111. The number of nitrogens with zero attached hydrogens (tertiary/aromatic N) is 12. The number of rotatable bonds is 12. The maximum Gasteiger partial charge on any atom is 0.165 e. The fourth-order valence-electron chi connectivity index (χ4n) is 19.4. The summed E-state index contributed by atoms with van der Waals surface area (Å²) < 4.78 is 37.6. The molecular weight excluding hydrogens is 1820 g/mol. The van der Waals surface area contributed by atoms with E-state index in [1.807, 2.05) is 255 Å². The molecule has 0 aliphatic heterocycles. The zero-order valence-corrected chi connectivity index (χ0v) is 77.4. The summed E-state index contributed by atoms with van der Waals surface area (Å²) in [6.07, 6.45) is 0. The van der Waals surface area contributed by atoms with Crippen LogP contribution >= 0.6 is 45.3 Å². The summed E-state index contributed by atoms with van der Waals surface area (Å²) in [5.41, 5.74) is 22.1. The highest BCUT2D eigenvalue weighted by atomic mass is 32.1. The van der Waals surface area contributed by atoms with Crippen LogP contribution in [0.5, 0.6) is 0 Å². The Balaban J connectivity index is 0.000000104. The minimum Gasteiger partial charge on any atom is -0.456 e. The van der Waals surface area contributed by atoms with E-state index in [-0.39, 0.29) is 0 Å². The lowest BCUT2D eigenvalue weighted by atomic mass is 10.0. The molecule has 12 aromatic heterocycles. The van der Waals surface area contributed by atoms with Crippen LogP contribution in [0.4, 0.5) is 0 Å². The first kappa shape index (κ1) is 81.3. The predicted octanol–water partition coefficient (Wildman–Crippen LogP) is 33.3. The molecule has 0 bridgehead atoms. The van der Waals surface area contributed by atoms with Crippen LogP contribution in [0.3, 0.4) is 0 Å². The normalized spacial score (nSPS) is 11.8. The van der Waals surface area contributed by atoms with Gasteiger partial charge in [-0.15, -0.1) is 45.3 Å². The molecule has 17 nitrogen and oxygen atoms in total. The molecule has 0 spiro atoms. The Kier molecular flexibility index (Phi) is 19.3. The van der Waals surface area contributed by atoms with Crippen molar-refractivity contribution in [3.63, 3.8) is 0 Å². The standard InChI is InChI=1S/2C40H22N4O2S.C40H22N4OS2/c1-2-11-23(12-3-1)37-42-38(25-14-8-19-30-34(25)24-13-4-6-18-29(24)45-30)44-39(43-37)26-15-9-20-31-35(26)36-27(16-10-21-32(36)46-31)40-41-28-17-5-7-22-33(28)47-40;1-2-10-23(11-3-1)37-42-38(24-20-21-31-28(22-24)25-12-4-6-16-30(25)45-31)44-39(43-37)26-13-8-17-32-35(26)36-27(14-9-18-33(36)46-32)40-41-29-15-5-7-19-34(29)47-40;1-2-11-23(12-3-1)37-42-38(44-39(43-37)28-17-8-14-25-24-13-4-6-21-32(24)46-36(25)28)26-15-9-19-30-34(26)35-27(16-10-20-31(35)45-30)40-41-29-18-5-7-22-33(29)47-40/h3*1-22H. The van der Waals surface area contributed by atoms with E-state index in [1.54, 1.807) is 45.3 Å². The van der Waals surface area contributed by atoms with Crippen molar-refractivity contribution >= 4 is 206 Å². The van der Waals surface area contributed by atoms with E-state index in [1.165, 1.54) is 15.5 Å². The van der Waals surface area contributed by atoms with E-state index in [4.69, 9.17) is 81.9 Å². The van der Waals surface area contributed by atoms with E-state index in [0.717, 1.165) is 227 Å². The van der Waals surface area contributed by atoms with Gasteiger partial charge in [0, 0.05) is 141 Å². The van der Waals surface area contributed by atoms with Gasteiger partial charge in [-0.25, -0.2) is 59.8 Å². The molecule has 30 rings (SSSR count). The highest BCUT2D eigenvalue weighted by Gasteiger charge is 2.29. The van der Waals surface area contributed by atoms with Crippen molar-refractivity contribution in [2.24, 2.45) is 0 Å². The number of aromatic nitrogens is 12. The third kappa shape index (κ3) is 14.1. The van der Waals surface area contributed by atoms with Crippen molar-refractivity contribution in [2.75, 3.05) is 0 Å². The molecule has 0 fully saturated rings. The number of hydrogen-bond donors (Lipinski definition) is 0. The van der Waals surface area contributed by atoms with Crippen LogP contribution in [0, 0.1) is 0 Å². The molecule has 0 saturated carbocycles. The number of fused-ring (bicyclic) bond motifs is 21. The first-order chi connectivity index (χ1) is 69.8. The Bertz CT molecular complexity index is 10200. The third-order valence-electron chi connectivity index (χ3n) is 25.8. The summed E-state index contributed by atoms with van der Waals surface area (Å²) in [6, 6.07) is 135.